The minimum Gasteiger partial charge on any atom is -0.497 e. The molecule has 2 aromatic rings. The summed E-state index contributed by atoms with van der Waals surface area (Å²) < 4.78 is 28.8. The third-order valence-corrected chi connectivity index (χ3v) is 5.66. The van der Waals surface area contributed by atoms with E-state index in [0.29, 0.717) is 10.9 Å². The van der Waals surface area contributed by atoms with E-state index in [2.05, 4.69) is 4.98 Å². The minimum absolute atomic E-state index is 0.0502. The van der Waals surface area contributed by atoms with Crippen LogP contribution in [0.1, 0.15) is 6.42 Å². The predicted molar refractivity (Wildman–Crippen MR) is 80.0 cm³/mol. The number of fused-ring (bicyclic) bond motifs is 1. The number of thiazole rings is 1. The number of nitrogens with zero attached hydrogens (tertiary/aromatic N) is 2. The highest BCUT2D eigenvalue weighted by atomic mass is 32.2. The van der Waals surface area contributed by atoms with Crippen LogP contribution in [0.4, 0.5) is 5.13 Å². The van der Waals surface area contributed by atoms with E-state index < -0.39 is 15.3 Å². The second kappa shape index (κ2) is 4.93. The van der Waals surface area contributed by atoms with E-state index in [-0.39, 0.29) is 18.9 Å². The molecule has 1 amide bonds. The van der Waals surface area contributed by atoms with Gasteiger partial charge in [0.25, 0.3) is 0 Å². The second-order valence-corrected chi connectivity index (χ2v) is 7.60. The van der Waals surface area contributed by atoms with Crippen molar-refractivity contribution < 1.29 is 17.9 Å². The van der Waals surface area contributed by atoms with Crippen molar-refractivity contribution in [2.24, 2.45) is 5.14 Å². The summed E-state index contributed by atoms with van der Waals surface area (Å²) in [4.78, 5) is 17.7. The minimum atomic E-state index is -3.72. The maximum absolute atomic E-state index is 12.0. The van der Waals surface area contributed by atoms with Crippen molar-refractivity contribution in [2.45, 2.75) is 11.7 Å². The second-order valence-electron chi connectivity index (χ2n) is 4.75. The normalized spacial score (nSPS) is 19.4. The van der Waals surface area contributed by atoms with Gasteiger partial charge in [-0.1, -0.05) is 11.3 Å². The van der Waals surface area contributed by atoms with Gasteiger partial charge in [0.15, 0.2) is 5.13 Å². The molecule has 7 nitrogen and oxygen atoms in total. The Labute approximate surface area is 125 Å². The molecule has 2 N–H and O–H groups in total. The summed E-state index contributed by atoms with van der Waals surface area (Å²) in [6.07, 6.45) is -0.0991. The Morgan fingerprint density at radius 3 is 2.86 bits per heavy atom. The lowest BCUT2D eigenvalue weighted by Gasteiger charge is -2.11. The van der Waals surface area contributed by atoms with Gasteiger partial charge >= 0.3 is 0 Å². The number of amides is 1. The van der Waals surface area contributed by atoms with Gasteiger partial charge < -0.3 is 4.74 Å². The fourth-order valence-corrected chi connectivity index (χ4v) is 3.97. The van der Waals surface area contributed by atoms with E-state index in [0.717, 1.165) is 10.2 Å². The van der Waals surface area contributed by atoms with Gasteiger partial charge in [-0.15, -0.1) is 0 Å². The van der Waals surface area contributed by atoms with Crippen LogP contribution in [0.15, 0.2) is 18.2 Å². The molecule has 1 aromatic carbocycles. The summed E-state index contributed by atoms with van der Waals surface area (Å²) >= 11 is 1.32. The quantitative estimate of drug-likeness (QED) is 0.894. The first-order chi connectivity index (χ1) is 9.88. The molecule has 1 aliphatic rings. The van der Waals surface area contributed by atoms with Crippen LogP contribution in [-0.4, -0.2) is 38.2 Å². The third kappa shape index (κ3) is 2.59. The Balaban J connectivity index is 1.95. The summed E-state index contributed by atoms with van der Waals surface area (Å²) in [5.74, 6) is 0.424. The first kappa shape index (κ1) is 14.2. The maximum atomic E-state index is 12.0. The molecule has 0 radical (unpaired) electrons. The maximum Gasteiger partial charge on any atom is 0.230 e. The van der Waals surface area contributed by atoms with Gasteiger partial charge in [-0.05, 0) is 18.2 Å². The number of nitrogens with two attached hydrogens (primary N) is 1. The van der Waals surface area contributed by atoms with E-state index in [1.807, 2.05) is 6.07 Å². The molecule has 1 saturated heterocycles. The predicted octanol–water partition coefficient (Wildman–Crippen LogP) is 0.699. The van der Waals surface area contributed by atoms with Gasteiger partial charge in [0, 0.05) is 13.0 Å². The molecule has 1 unspecified atom stereocenters. The molecule has 1 fully saturated rings. The van der Waals surface area contributed by atoms with Gasteiger partial charge in [-0.2, -0.15) is 0 Å². The van der Waals surface area contributed by atoms with Crippen molar-refractivity contribution in [3.05, 3.63) is 18.2 Å². The fourth-order valence-electron chi connectivity index (χ4n) is 2.21. The molecule has 0 bridgehead atoms. The van der Waals surface area contributed by atoms with Crippen LogP contribution >= 0.6 is 11.3 Å². The van der Waals surface area contributed by atoms with Crippen LogP contribution in [0.2, 0.25) is 0 Å². The molecule has 9 heteroatoms. The zero-order valence-electron chi connectivity index (χ0n) is 11.1. The number of carbonyl (C=O) groups excluding carboxylic acids is 1. The van der Waals surface area contributed by atoms with E-state index in [9.17, 15) is 13.2 Å². The van der Waals surface area contributed by atoms with Crippen LogP contribution in [0.3, 0.4) is 0 Å². The Morgan fingerprint density at radius 2 is 2.24 bits per heavy atom. The molecule has 2 heterocycles. The van der Waals surface area contributed by atoms with Gasteiger partial charge in [-0.25, -0.2) is 18.5 Å². The molecule has 112 valence electrons. The average molecular weight is 327 g/mol. The van der Waals surface area contributed by atoms with Crippen molar-refractivity contribution in [2.75, 3.05) is 18.6 Å². The van der Waals surface area contributed by atoms with Gasteiger partial charge in [0.1, 0.15) is 11.0 Å². The SMILES string of the molecule is COc1ccc2nc(N3CC(S(N)(=O)=O)CC3=O)sc2c1. The summed E-state index contributed by atoms with van der Waals surface area (Å²) in [5, 5.41) is 4.73. The Kier molecular flexibility index (Phi) is 3.34. The molecule has 0 saturated carbocycles. The van der Waals surface area contributed by atoms with E-state index in [4.69, 9.17) is 9.88 Å². The number of benzene rings is 1. The van der Waals surface area contributed by atoms with E-state index in [1.54, 1.807) is 19.2 Å². The Bertz CT molecular complexity index is 815. The molecule has 0 spiro atoms. The monoisotopic (exact) mass is 327 g/mol. The smallest absolute Gasteiger partial charge is 0.230 e. The first-order valence-electron chi connectivity index (χ1n) is 6.15. The summed E-state index contributed by atoms with van der Waals surface area (Å²) in [7, 11) is -2.15. The Morgan fingerprint density at radius 1 is 1.48 bits per heavy atom. The van der Waals surface area contributed by atoms with Crippen molar-refractivity contribution in [3.8, 4) is 5.75 Å². The van der Waals surface area contributed by atoms with E-state index >= 15 is 0 Å². The lowest BCUT2D eigenvalue weighted by Crippen LogP contribution is -2.32. The molecule has 1 aliphatic heterocycles. The van der Waals surface area contributed by atoms with Crippen LogP contribution < -0.4 is 14.8 Å². The topological polar surface area (TPSA) is 103 Å². The number of methoxy groups -OCH3 is 1. The average Bonchev–Trinajstić information content (AvgIpc) is 2.99. The lowest BCUT2D eigenvalue weighted by molar-refractivity contribution is -0.117. The number of primary sulfonamides is 1. The van der Waals surface area contributed by atoms with Crippen molar-refractivity contribution in [3.63, 3.8) is 0 Å². The number of aromatic nitrogens is 1. The van der Waals surface area contributed by atoms with Crippen molar-refractivity contribution >= 4 is 42.6 Å². The number of carbonyl (C=O) groups is 1. The molecule has 0 aliphatic carbocycles. The van der Waals surface area contributed by atoms with Crippen LogP contribution in [0.5, 0.6) is 5.75 Å². The van der Waals surface area contributed by atoms with Crippen molar-refractivity contribution in [1.82, 2.24) is 4.98 Å². The number of hydrogen-bond acceptors (Lipinski definition) is 6. The van der Waals surface area contributed by atoms with Crippen LogP contribution in [0.25, 0.3) is 10.2 Å². The molecule has 21 heavy (non-hydrogen) atoms. The van der Waals surface area contributed by atoms with Crippen molar-refractivity contribution in [1.29, 1.82) is 0 Å². The molecular weight excluding hydrogens is 314 g/mol. The van der Waals surface area contributed by atoms with Crippen LogP contribution in [0, 0.1) is 0 Å². The first-order valence-corrected chi connectivity index (χ1v) is 8.57. The number of anilines is 1. The number of sulfonamides is 1. The highest BCUT2D eigenvalue weighted by Crippen LogP contribution is 2.34. The highest BCUT2D eigenvalue weighted by Gasteiger charge is 2.38. The highest BCUT2D eigenvalue weighted by molar-refractivity contribution is 7.89. The summed E-state index contributed by atoms with van der Waals surface area (Å²) in [6, 6.07) is 5.41. The van der Waals surface area contributed by atoms with E-state index in [1.165, 1.54) is 16.2 Å². The summed E-state index contributed by atoms with van der Waals surface area (Å²) in [6.45, 7) is 0.0502. The number of rotatable bonds is 3. The van der Waals surface area contributed by atoms with Crippen LogP contribution in [-0.2, 0) is 14.8 Å². The molecule has 1 atom stereocenters. The summed E-state index contributed by atoms with van der Waals surface area (Å²) in [5.41, 5.74) is 0.739. The number of hydrogen-bond donors (Lipinski definition) is 1. The zero-order chi connectivity index (χ0) is 15.2. The van der Waals surface area contributed by atoms with Gasteiger partial charge in [0.05, 0.1) is 17.3 Å². The van der Waals surface area contributed by atoms with Gasteiger partial charge in [-0.3, -0.25) is 9.69 Å². The standard InChI is InChI=1S/C12H13N3O4S2/c1-19-7-2-3-9-10(4-7)20-12(14-9)15-6-8(5-11(15)16)21(13,17)18/h2-4,8H,5-6H2,1H3,(H2,13,17,18). The lowest BCUT2D eigenvalue weighted by atomic mass is 10.3. The third-order valence-electron chi connectivity index (χ3n) is 3.37. The number of ether oxygens (including phenoxy) is 1. The Hall–Kier alpha value is -1.71. The molecule has 1 aromatic heterocycles. The molecular formula is C12H13N3O4S2. The fraction of sp³-hybridized carbons (Fsp3) is 0.333. The molecule has 3 rings (SSSR count). The largest absolute Gasteiger partial charge is 0.497 e. The van der Waals surface area contributed by atoms with Gasteiger partial charge in [0.2, 0.25) is 15.9 Å². The zero-order valence-corrected chi connectivity index (χ0v) is 12.8.